The number of likely N-dealkylation sites (N-methyl/N-ethyl adjacent to an activating group) is 1. The minimum Gasteiger partial charge on any atom is -0.350 e. The van der Waals surface area contributed by atoms with E-state index in [1.165, 1.54) is 29.8 Å². The van der Waals surface area contributed by atoms with E-state index in [0.717, 1.165) is 12.0 Å². The normalized spacial score (nSPS) is 18.8. The Bertz CT molecular complexity index is 1180. The maximum atomic E-state index is 12.7. The molecule has 180 valence electrons. The van der Waals surface area contributed by atoms with Crippen molar-refractivity contribution in [2.45, 2.75) is 36.7 Å². The molecule has 1 fully saturated rings. The molecule has 1 heterocycles. The van der Waals surface area contributed by atoms with Crippen LogP contribution in [0.3, 0.4) is 0 Å². The van der Waals surface area contributed by atoms with Crippen LogP contribution in [0.15, 0.2) is 53.4 Å². The van der Waals surface area contributed by atoms with Crippen LogP contribution in [0.5, 0.6) is 0 Å². The number of carbonyl (C=O) groups is 1. The zero-order chi connectivity index (χ0) is 24.2. The lowest BCUT2D eigenvalue weighted by Gasteiger charge is -2.25. The van der Waals surface area contributed by atoms with Crippen LogP contribution in [-0.4, -0.2) is 65.8 Å². The average Bonchev–Trinajstić information content (AvgIpc) is 3.11. The van der Waals surface area contributed by atoms with Gasteiger partial charge >= 0.3 is 0 Å². The molecule has 8 nitrogen and oxygen atoms in total. The molecule has 0 unspecified atom stereocenters. The topological polar surface area (TPSA) is 113 Å². The van der Waals surface area contributed by atoms with Crippen molar-refractivity contribution in [2.24, 2.45) is 0 Å². The molecule has 3 rings (SSSR count). The van der Waals surface area contributed by atoms with E-state index in [9.17, 15) is 21.6 Å². The van der Waals surface area contributed by atoms with Gasteiger partial charge in [0.15, 0.2) is 9.84 Å². The van der Waals surface area contributed by atoms with Crippen LogP contribution in [0, 0.1) is 0 Å². The molecule has 2 atom stereocenters. The molecular weight excluding hydrogens is 462 g/mol. The Labute approximate surface area is 196 Å². The highest BCUT2D eigenvalue weighted by Gasteiger charge is 2.31. The van der Waals surface area contributed by atoms with Gasteiger partial charge in [0.2, 0.25) is 10.0 Å². The van der Waals surface area contributed by atoms with Crippen molar-refractivity contribution < 1.29 is 21.6 Å². The standard InChI is InChI=1S/C23H31N3O5S2/c1-4-17-5-7-18(8-6-17)22(26(2)3)15-24-23(27)19-9-11-21(12-10-19)33(30,31)25-20-13-14-32(28,29)16-20/h5-12,20,22,25H,4,13-16H2,1-3H3,(H,24,27)/t20-,22-/m1/s1. The van der Waals surface area contributed by atoms with E-state index in [4.69, 9.17) is 0 Å². The fourth-order valence-corrected chi connectivity index (χ4v) is 6.88. The minimum atomic E-state index is -3.87. The van der Waals surface area contributed by atoms with Gasteiger partial charge in [-0.15, -0.1) is 0 Å². The van der Waals surface area contributed by atoms with Crippen LogP contribution in [0.1, 0.15) is 40.9 Å². The summed E-state index contributed by atoms with van der Waals surface area (Å²) in [7, 11) is -3.16. The number of rotatable bonds is 9. The number of amides is 1. The third-order valence-corrected chi connectivity index (χ3v) is 9.14. The van der Waals surface area contributed by atoms with Crippen molar-refractivity contribution in [3.8, 4) is 0 Å². The fraction of sp³-hybridized carbons (Fsp3) is 0.435. The first-order valence-corrected chi connectivity index (χ1v) is 14.2. The average molecular weight is 494 g/mol. The molecule has 0 bridgehead atoms. The SMILES string of the molecule is CCc1ccc([C@@H](CNC(=O)c2ccc(S(=O)(=O)N[C@@H]3CCS(=O)(=O)C3)cc2)N(C)C)cc1. The molecule has 1 amide bonds. The number of sulfonamides is 1. The molecule has 2 N–H and O–H groups in total. The lowest BCUT2D eigenvalue weighted by molar-refractivity contribution is 0.0941. The highest BCUT2D eigenvalue weighted by atomic mass is 32.2. The second-order valence-corrected chi connectivity index (χ2v) is 12.5. The van der Waals surface area contributed by atoms with Gasteiger partial charge in [0.05, 0.1) is 22.4 Å². The molecule has 10 heteroatoms. The van der Waals surface area contributed by atoms with Gasteiger partial charge in [-0.1, -0.05) is 31.2 Å². The lowest BCUT2D eigenvalue weighted by atomic mass is 10.0. The minimum absolute atomic E-state index is 0.00797. The summed E-state index contributed by atoms with van der Waals surface area (Å²) in [6.45, 7) is 2.50. The molecule has 2 aromatic rings. The molecule has 1 saturated heterocycles. The van der Waals surface area contributed by atoms with Crippen LogP contribution < -0.4 is 10.0 Å². The van der Waals surface area contributed by atoms with Gasteiger partial charge in [-0.25, -0.2) is 21.6 Å². The van der Waals surface area contributed by atoms with E-state index in [-0.39, 0.29) is 34.8 Å². The Morgan fingerprint density at radius 3 is 2.24 bits per heavy atom. The third kappa shape index (κ3) is 6.63. The molecular formula is C23H31N3O5S2. The summed E-state index contributed by atoms with van der Waals surface area (Å²) in [5, 5.41) is 2.92. The van der Waals surface area contributed by atoms with E-state index in [1.54, 1.807) is 0 Å². The van der Waals surface area contributed by atoms with Crippen LogP contribution in [0.4, 0.5) is 0 Å². The number of sulfone groups is 1. The van der Waals surface area contributed by atoms with Crippen molar-refractivity contribution >= 4 is 25.8 Å². The molecule has 1 aliphatic rings. The summed E-state index contributed by atoms with van der Waals surface area (Å²) in [4.78, 5) is 14.7. The Balaban J connectivity index is 1.63. The van der Waals surface area contributed by atoms with Crippen molar-refractivity contribution in [2.75, 3.05) is 32.1 Å². The Morgan fingerprint density at radius 1 is 1.09 bits per heavy atom. The van der Waals surface area contributed by atoms with Gasteiger partial charge < -0.3 is 10.2 Å². The molecule has 0 radical (unpaired) electrons. The van der Waals surface area contributed by atoms with Gasteiger partial charge in [0.25, 0.3) is 5.91 Å². The second-order valence-electron chi connectivity index (χ2n) is 8.53. The quantitative estimate of drug-likeness (QED) is 0.550. The number of nitrogens with one attached hydrogen (secondary N) is 2. The highest BCUT2D eigenvalue weighted by molar-refractivity contribution is 7.92. The van der Waals surface area contributed by atoms with Gasteiger partial charge in [0, 0.05) is 18.2 Å². The van der Waals surface area contributed by atoms with E-state index >= 15 is 0 Å². The monoisotopic (exact) mass is 493 g/mol. The van der Waals surface area contributed by atoms with E-state index in [0.29, 0.717) is 12.1 Å². The molecule has 0 aliphatic carbocycles. The lowest BCUT2D eigenvalue weighted by Crippen LogP contribution is -2.36. The maximum Gasteiger partial charge on any atom is 0.251 e. The Morgan fingerprint density at radius 2 is 1.73 bits per heavy atom. The fourth-order valence-electron chi connectivity index (χ4n) is 3.83. The number of hydrogen-bond donors (Lipinski definition) is 2. The van der Waals surface area contributed by atoms with Crippen molar-refractivity contribution in [1.29, 1.82) is 0 Å². The predicted octanol–water partition coefficient (Wildman–Crippen LogP) is 1.75. The zero-order valence-electron chi connectivity index (χ0n) is 19.1. The molecule has 33 heavy (non-hydrogen) atoms. The summed E-state index contributed by atoms with van der Waals surface area (Å²) in [6, 6.07) is 13.3. The van der Waals surface area contributed by atoms with Crippen LogP contribution >= 0.6 is 0 Å². The first kappa shape index (κ1) is 25.4. The summed E-state index contributed by atoms with van der Waals surface area (Å²) < 4.78 is 50.7. The summed E-state index contributed by atoms with van der Waals surface area (Å²) in [5.74, 6) is -0.512. The largest absolute Gasteiger partial charge is 0.350 e. The van der Waals surface area contributed by atoms with Crippen LogP contribution in [0.2, 0.25) is 0 Å². The molecule has 0 spiro atoms. The van der Waals surface area contributed by atoms with E-state index < -0.39 is 25.9 Å². The number of aryl methyl sites for hydroxylation is 1. The highest BCUT2D eigenvalue weighted by Crippen LogP contribution is 2.19. The van der Waals surface area contributed by atoms with Crippen LogP contribution in [-0.2, 0) is 26.3 Å². The summed E-state index contributed by atoms with van der Waals surface area (Å²) >= 11 is 0. The third-order valence-electron chi connectivity index (χ3n) is 5.83. The number of benzene rings is 2. The van der Waals surface area contributed by atoms with Gasteiger partial charge in [-0.05, 0) is 62.3 Å². The number of carbonyl (C=O) groups excluding carboxylic acids is 1. The van der Waals surface area contributed by atoms with Gasteiger partial charge in [0.1, 0.15) is 0 Å². The summed E-state index contributed by atoms with van der Waals surface area (Å²) in [6.07, 6.45) is 1.22. The van der Waals surface area contributed by atoms with Crippen molar-refractivity contribution in [3.05, 3.63) is 65.2 Å². The smallest absolute Gasteiger partial charge is 0.251 e. The Hall–Kier alpha value is -2.27. The summed E-state index contributed by atoms with van der Waals surface area (Å²) in [5.41, 5.74) is 2.69. The van der Waals surface area contributed by atoms with E-state index in [1.807, 2.05) is 19.0 Å². The van der Waals surface area contributed by atoms with Gasteiger partial charge in [-0.2, -0.15) is 0 Å². The molecule has 2 aromatic carbocycles. The van der Waals surface area contributed by atoms with Crippen molar-refractivity contribution in [1.82, 2.24) is 14.9 Å². The molecule has 0 aromatic heterocycles. The number of nitrogens with zero attached hydrogens (tertiary/aromatic N) is 1. The van der Waals surface area contributed by atoms with Gasteiger partial charge in [-0.3, -0.25) is 4.79 Å². The Kier molecular flexibility index (Phi) is 7.94. The van der Waals surface area contributed by atoms with Crippen LogP contribution in [0.25, 0.3) is 0 Å². The second kappa shape index (κ2) is 10.3. The van der Waals surface area contributed by atoms with E-state index in [2.05, 4.69) is 41.2 Å². The first-order chi connectivity index (χ1) is 15.5. The molecule has 1 aliphatic heterocycles. The maximum absolute atomic E-state index is 12.7. The number of hydrogen-bond acceptors (Lipinski definition) is 6. The predicted molar refractivity (Wildman–Crippen MR) is 128 cm³/mol. The molecule has 0 saturated carbocycles. The zero-order valence-corrected chi connectivity index (χ0v) is 20.7. The van der Waals surface area contributed by atoms with Crippen molar-refractivity contribution in [3.63, 3.8) is 0 Å². The first-order valence-electron chi connectivity index (χ1n) is 10.9.